The minimum Gasteiger partial charge on any atom is -0.399 e. The Labute approximate surface area is 117 Å². The molecule has 7 nitrogen and oxygen atoms in total. The molecule has 0 spiro atoms. The first-order valence-electron chi connectivity index (χ1n) is 6.21. The molecule has 0 unspecified atom stereocenters. The maximum Gasteiger partial charge on any atom is 0.215 e. The van der Waals surface area contributed by atoms with Gasteiger partial charge in [-0.15, -0.1) is 0 Å². The van der Waals surface area contributed by atoms with Crippen molar-refractivity contribution in [1.82, 2.24) is 19.9 Å². The minimum absolute atomic E-state index is 0.0460. The van der Waals surface area contributed by atoms with Gasteiger partial charge in [0.1, 0.15) is 12.2 Å². The molecule has 0 radical (unpaired) electrons. The van der Waals surface area contributed by atoms with Gasteiger partial charge in [-0.25, -0.2) is 18.1 Å². The maximum absolute atomic E-state index is 11.9. The number of benzene rings is 1. The zero-order chi connectivity index (χ0) is 14.4. The molecule has 108 valence electrons. The third-order valence-electron chi connectivity index (χ3n) is 2.71. The van der Waals surface area contributed by atoms with Gasteiger partial charge >= 0.3 is 0 Å². The molecule has 2 rings (SSSR count). The van der Waals surface area contributed by atoms with Gasteiger partial charge in [-0.3, -0.25) is 5.10 Å². The highest BCUT2D eigenvalue weighted by atomic mass is 32.2. The summed E-state index contributed by atoms with van der Waals surface area (Å²) in [5.41, 5.74) is 6.88. The Balaban J connectivity index is 1.77. The Bertz CT molecular complexity index is 622. The van der Waals surface area contributed by atoms with Crippen molar-refractivity contribution in [2.75, 3.05) is 12.3 Å². The highest BCUT2D eigenvalue weighted by molar-refractivity contribution is 7.88. The molecular formula is C12H17N5O2S. The van der Waals surface area contributed by atoms with Crippen LogP contribution in [0.2, 0.25) is 0 Å². The van der Waals surface area contributed by atoms with E-state index in [-0.39, 0.29) is 5.75 Å². The molecular weight excluding hydrogens is 278 g/mol. The Morgan fingerprint density at radius 3 is 2.65 bits per heavy atom. The van der Waals surface area contributed by atoms with Crippen LogP contribution in [0, 0.1) is 0 Å². The van der Waals surface area contributed by atoms with Crippen molar-refractivity contribution in [2.24, 2.45) is 0 Å². The fraction of sp³-hybridized carbons (Fsp3) is 0.333. The van der Waals surface area contributed by atoms with Crippen LogP contribution in [0.5, 0.6) is 0 Å². The Morgan fingerprint density at radius 1 is 1.25 bits per heavy atom. The van der Waals surface area contributed by atoms with Crippen LogP contribution in [-0.2, 0) is 22.2 Å². The number of aromatic nitrogens is 3. The lowest BCUT2D eigenvalue weighted by molar-refractivity contribution is 0.577. The van der Waals surface area contributed by atoms with Gasteiger partial charge in [-0.05, 0) is 24.1 Å². The van der Waals surface area contributed by atoms with E-state index in [4.69, 9.17) is 5.73 Å². The minimum atomic E-state index is -3.33. The van der Waals surface area contributed by atoms with Gasteiger partial charge in [0.15, 0.2) is 0 Å². The van der Waals surface area contributed by atoms with Crippen molar-refractivity contribution in [2.45, 2.75) is 18.6 Å². The lowest BCUT2D eigenvalue weighted by Crippen LogP contribution is -2.26. The number of nitrogens with two attached hydrogens (primary N) is 1. The van der Waals surface area contributed by atoms with Crippen molar-refractivity contribution in [3.05, 3.63) is 42.0 Å². The number of aromatic amines is 1. The van der Waals surface area contributed by atoms with Crippen molar-refractivity contribution >= 4 is 15.7 Å². The summed E-state index contributed by atoms with van der Waals surface area (Å²) in [6.45, 7) is 0.373. The first-order chi connectivity index (χ1) is 9.55. The zero-order valence-corrected chi connectivity index (χ0v) is 11.7. The molecule has 0 fully saturated rings. The van der Waals surface area contributed by atoms with E-state index in [2.05, 4.69) is 19.9 Å². The van der Waals surface area contributed by atoms with Crippen molar-refractivity contribution in [3.8, 4) is 0 Å². The monoisotopic (exact) mass is 295 g/mol. The largest absolute Gasteiger partial charge is 0.399 e. The molecule has 20 heavy (non-hydrogen) atoms. The van der Waals surface area contributed by atoms with Gasteiger partial charge in [-0.1, -0.05) is 12.1 Å². The molecule has 1 aromatic heterocycles. The molecule has 1 heterocycles. The van der Waals surface area contributed by atoms with Crippen LogP contribution < -0.4 is 10.5 Å². The molecule has 0 saturated heterocycles. The molecule has 0 amide bonds. The highest BCUT2D eigenvalue weighted by Gasteiger charge is 2.10. The summed E-state index contributed by atoms with van der Waals surface area (Å²) in [6.07, 6.45) is 2.75. The van der Waals surface area contributed by atoms with E-state index in [1.54, 1.807) is 24.3 Å². The number of hydrogen-bond donors (Lipinski definition) is 3. The smallest absolute Gasteiger partial charge is 0.215 e. The Kier molecular flexibility index (Phi) is 4.70. The van der Waals surface area contributed by atoms with E-state index in [1.165, 1.54) is 6.33 Å². The summed E-state index contributed by atoms with van der Waals surface area (Å²) < 4.78 is 26.3. The number of H-pyrrole nitrogens is 1. The van der Waals surface area contributed by atoms with E-state index in [0.29, 0.717) is 30.6 Å². The molecule has 8 heteroatoms. The Morgan fingerprint density at radius 2 is 2.00 bits per heavy atom. The van der Waals surface area contributed by atoms with Gasteiger partial charge in [-0.2, -0.15) is 5.10 Å². The number of nitrogens with zero attached hydrogens (tertiary/aromatic N) is 2. The standard InChI is InChI=1S/C12H17N5O2S/c13-11-5-3-10(4-6-11)8-20(18,19)16-7-1-2-12-14-9-15-17-12/h3-6,9,16H,1-2,7-8,13H2,(H,14,15,17). The summed E-state index contributed by atoms with van der Waals surface area (Å²) in [6, 6.07) is 6.80. The van der Waals surface area contributed by atoms with Crippen LogP contribution in [0.15, 0.2) is 30.6 Å². The summed E-state index contributed by atoms with van der Waals surface area (Å²) in [5.74, 6) is 0.706. The first-order valence-corrected chi connectivity index (χ1v) is 7.86. The third kappa shape index (κ3) is 4.63. The van der Waals surface area contributed by atoms with E-state index < -0.39 is 10.0 Å². The fourth-order valence-electron chi connectivity index (χ4n) is 1.72. The van der Waals surface area contributed by atoms with E-state index in [1.807, 2.05) is 0 Å². The zero-order valence-electron chi connectivity index (χ0n) is 10.9. The van der Waals surface area contributed by atoms with Gasteiger partial charge in [0.25, 0.3) is 0 Å². The topological polar surface area (TPSA) is 114 Å². The average molecular weight is 295 g/mol. The van der Waals surface area contributed by atoms with Gasteiger partial charge < -0.3 is 5.73 Å². The Hall–Kier alpha value is -1.93. The second-order valence-electron chi connectivity index (χ2n) is 4.43. The quantitative estimate of drug-likeness (QED) is 0.506. The van der Waals surface area contributed by atoms with E-state index >= 15 is 0 Å². The van der Waals surface area contributed by atoms with Gasteiger partial charge in [0.05, 0.1) is 5.75 Å². The molecule has 0 aliphatic rings. The van der Waals surface area contributed by atoms with Crippen LogP contribution in [0.25, 0.3) is 0 Å². The number of anilines is 1. The van der Waals surface area contributed by atoms with Crippen molar-refractivity contribution in [3.63, 3.8) is 0 Å². The normalized spacial score (nSPS) is 11.6. The second kappa shape index (κ2) is 6.49. The number of nitrogens with one attached hydrogen (secondary N) is 2. The summed E-state index contributed by atoms with van der Waals surface area (Å²) in [5, 5.41) is 6.46. The maximum atomic E-state index is 11.9. The molecule has 0 saturated carbocycles. The number of hydrogen-bond acceptors (Lipinski definition) is 5. The number of nitrogen functional groups attached to an aromatic ring is 1. The summed E-state index contributed by atoms with van der Waals surface area (Å²) >= 11 is 0. The molecule has 0 aliphatic carbocycles. The van der Waals surface area contributed by atoms with Crippen LogP contribution >= 0.6 is 0 Å². The highest BCUT2D eigenvalue weighted by Crippen LogP contribution is 2.08. The van der Waals surface area contributed by atoms with Crippen LogP contribution in [-0.4, -0.2) is 30.1 Å². The van der Waals surface area contributed by atoms with Crippen molar-refractivity contribution in [1.29, 1.82) is 0 Å². The SMILES string of the molecule is Nc1ccc(CS(=O)(=O)NCCCc2ncn[nH]2)cc1. The summed E-state index contributed by atoms with van der Waals surface area (Å²) in [7, 11) is -3.33. The van der Waals surface area contributed by atoms with Crippen molar-refractivity contribution < 1.29 is 8.42 Å². The van der Waals surface area contributed by atoms with Crippen LogP contribution in [0.4, 0.5) is 5.69 Å². The molecule has 0 aliphatic heterocycles. The lowest BCUT2D eigenvalue weighted by atomic mass is 10.2. The van der Waals surface area contributed by atoms with Gasteiger partial charge in [0.2, 0.25) is 10.0 Å². The summed E-state index contributed by atoms with van der Waals surface area (Å²) in [4.78, 5) is 3.97. The fourth-order valence-corrected chi connectivity index (χ4v) is 2.91. The van der Waals surface area contributed by atoms with E-state index in [9.17, 15) is 8.42 Å². The molecule has 4 N–H and O–H groups in total. The van der Waals surface area contributed by atoms with E-state index in [0.717, 1.165) is 5.82 Å². The number of aryl methyl sites for hydroxylation is 1. The molecule has 1 aromatic carbocycles. The number of sulfonamides is 1. The van der Waals surface area contributed by atoms with Crippen LogP contribution in [0.1, 0.15) is 17.8 Å². The van der Waals surface area contributed by atoms with Gasteiger partial charge in [0, 0.05) is 18.7 Å². The lowest BCUT2D eigenvalue weighted by Gasteiger charge is -2.06. The third-order valence-corrected chi connectivity index (χ3v) is 4.07. The number of rotatable bonds is 7. The second-order valence-corrected chi connectivity index (χ2v) is 6.24. The predicted octanol–water partition coefficient (Wildman–Crippen LogP) is 0.439. The molecule has 0 bridgehead atoms. The first kappa shape index (κ1) is 14.5. The predicted molar refractivity (Wildman–Crippen MR) is 76.2 cm³/mol. The molecule has 2 aromatic rings. The average Bonchev–Trinajstić information content (AvgIpc) is 2.90. The van der Waals surface area contributed by atoms with Crippen LogP contribution in [0.3, 0.4) is 0 Å². The molecule has 0 atom stereocenters.